The van der Waals surface area contributed by atoms with E-state index in [4.69, 9.17) is 17.3 Å². The van der Waals surface area contributed by atoms with Crippen molar-refractivity contribution in [2.24, 2.45) is 11.7 Å². The van der Waals surface area contributed by atoms with Crippen LogP contribution in [0.15, 0.2) is 24.3 Å². The molecule has 4 nitrogen and oxygen atoms in total. The van der Waals surface area contributed by atoms with Crippen molar-refractivity contribution in [2.75, 3.05) is 14.1 Å². The number of benzene rings is 1. The highest BCUT2D eigenvalue weighted by Crippen LogP contribution is 2.17. The fourth-order valence-electron chi connectivity index (χ4n) is 1.76. The van der Waals surface area contributed by atoms with Crippen LogP contribution in [0.4, 0.5) is 0 Å². The van der Waals surface area contributed by atoms with E-state index >= 15 is 0 Å². The summed E-state index contributed by atoms with van der Waals surface area (Å²) in [5.41, 5.74) is 6.14. The molecular formula is C13H17ClN2O2. The van der Waals surface area contributed by atoms with Crippen LogP contribution in [-0.2, 0) is 16.0 Å². The Morgan fingerprint density at radius 1 is 1.28 bits per heavy atom. The number of amides is 2. The molecule has 0 bridgehead atoms. The first-order valence-corrected chi connectivity index (χ1v) is 6.02. The van der Waals surface area contributed by atoms with Gasteiger partial charge in [-0.05, 0) is 24.1 Å². The first kappa shape index (κ1) is 14.5. The van der Waals surface area contributed by atoms with Gasteiger partial charge in [-0.15, -0.1) is 0 Å². The zero-order chi connectivity index (χ0) is 13.7. The van der Waals surface area contributed by atoms with E-state index in [9.17, 15) is 9.59 Å². The number of nitrogens with two attached hydrogens (primary N) is 1. The van der Waals surface area contributed by atoms with Crippen LogP contribution in [0.25, 0.3) is 0 Å². The molecule has 0 heterocycles. The first-order chi connectivity index (χ1) is 8.40. The van der Waals surface area contributed by atoms with E-state index in [0.717, 1.165) is 5.56 Å². The molecule has 0 aromatic heterocycles. The fourth-order valence-corrected chi connectivity index (χ4v) is 1.89. The van der Waals surface area contributed by atoms with Crippen LogP contribution in [0, 0.1) is 5.92 Å². The van der Waals surface area contributed by atoms with Crippen molar-refractivity contribution < 1.29 is 9.59 Å². The standard InChI is InChI=1S/C13H17ClN2O2/c1-16(2)13(18)10(8-12(15)17)7-9-3-5-11(14)6-4-9/h3-6,10H,7-8H2,1-2H3,(H2,15,17). The predicted octanol–water partition coefficient (Wildman–Crippen LogP) is 1.46. The predicted molar refractivity (Wildman–Crippen MR) is 71.2 cm³/mol. The third kappa shape index (κ3) is 4.37. The Morgan fingerprint density at radius 2 is 1.83 bits per heavy atom. The van der Waals surface area contributed by atoms with Crippen LogP contribution in [0.3, 0.4) is 0 Å². The number of carbonyl (C=O) groups is 2. The monoisotopic (exact) mass is 268 g/mol. The maximum Gasteiger partial charge on any atom is 0.226 e. The zero-order valence-corrected chi connectivity index (χ0v) is 11.3. The molecule has 0 aliphatic heterocycles. The zero-order valence-electron chi connectivity index (χ0n) is 10.5. The van der Waals surface area contributed by atoms with Gasteiger partial charge in [-0.3, -0.25) is 9.59 Å². The van der Waals surface area contributed by atoms with E-state index < -0.39 is 11.8 Å². The van der Waals surface area contributed by atoms with Gasteiger partial charge in [0.25, 0.3) is 0 Å². The molecule has 0 saturated heterocycles. The Balaban J connectivity index is 2.81. The number of carbonyl (C=O) groups excluding carboxylic acids is 2. The van der Waals surface area contributed by atoms with E-state index in [1.54, 1.807) is 26.2 Å². The molecular weight excluding hydrogens is 252 g/mol. The van der Waals surface area contributed by atoms with Crippen molar-refractivity contribution in [3.8, 4) is 0 Å². The molecule has 1 rings (SSSR count). The second-order valence-electron chi connectivity index (χ2n) is 4.43. The summed E-state index contributed by atoms with van der Waals surface area (Å²) >= 11 is 5.80. The van der Waals surface area contributed by atoms with Crippen LogP contribution in [0.2, 0.25) is 5.02 Å². The Morgan fingerprint density at radius 3 is 2.28 bits per heavy atom. The minimum absolute atomic E-state index is 0.0552. The fraction of sp³-hybridized carbons (Fsp3) is 0.385. The summed E-state index contributed by atoms with van der Waals surface area (Å²) in [7, 11) is 3.33. The van der Waals surface area contributed by atoms with Crippen LogP contribution in [-0.4, -0.2) is 30.8 Å². The molecule has 0 spiro atoms. The number of rotatable bonds is 5. The molecule has 5 heteroatoms. The Hall–Kier alpha value is -1.55. The molecule has 1 aromatic carbocycles. The highest BCUT2D eigenvalue weighted by atomic mass is 35.5. The first-order valence-electron chi connectivity index (χ1n) is 5.64. The van der Waals surface area contributed by atoms with Crippen molar-refractivity contribution in [3.63, 3.8) is 0 Å². The molecule has 0 saturated carbocycles. The number of nitrogens with zero attached hydrogens (tertiary/aromatic N) is 1. The highest BCUT2D eigenvalue weighted by Gasteiger charge is 2.22. The van der Waals surface area contributed by atoms with Crippen LogP contribution >= 0.6 is 11.6 Å². The highest BCUT2D eigenvalue weighted by molar-refractivity contribution is 6.30. The minimum atomic E-state index is -0.468. The lowest BCUT2D eigenvalue weighted by Crippen LogP contribution is -2.33. The smallest absolute Gasteiger partial charge is 0.226 e. The Labute approximate surface area is 112 Å². The number of primary amides is 1. The largest absolute Gasteiger partial charge is 0.370 e. The molecule has 98 valence electrons. The third-order valence-corrected chi connectivity index (χ3v) is 2.88. The summed E-state index contributed by atoms with van der Waals surface area (Å²) in [5, 5.41) is 0.643. The van der Waals surface area contributed by atoms with Gasteiger partial charge in [0, 0.05) is 25.5 Å². The van der Waals surface area contributed by atoms with E-state index in [0.29, 0.717) is 11.4 Å². The molecule has 0 aliphatic carbocycles. The van der Waals surface area contributed by atoms with Crippen molar-refractivity contribution in [1.29, 1.82) is 0 Å². The summed E-state index contributed by atoms with van der Waals surface area (Å²) in [4.78, 5) is 24.4. The average molecular weight is 269 g/mol. The lowest BCUT2D eigenvalue weighted by Gasteiger charge is -2.19. The van der Waals surface area contributed by atoms with E-state index in [1.165, 1.54) is 4.90 Å². The summed E-state index contributed by atoms with van der Waals surface area (Å²) in [6.45, 7) is 0. The summed E-state index contributed by atoms with van der Waals surface area (Å²) in [6.07, 6.45) is 0.538. The Bertz CT molecular complexity index is 429. The van der Waals surface area contributed by atoms with Crippen LogP contribution < -0.4 is 5.73 Å². The molecule has 18 heavy (non-hydrogen) atoms. The van der Waals surface area contributed by atoms with Gasteiger partial charge in [0.2, 0.25) is 11.8 Å². The SMILES string of the molecule is CN(C)C(=O)C(CC(N)=O)Cc1ccc(Cl)cc1. The molecule has 2 N–H and O–H groups in total. The molecule has 1 unspecified atom stereocenters. The third-order valence-electron chi connectivity index (χ3n) is 2.63. The van der Waals surface area contributed by atoms with Gasteiger partial charge in [0.05, 0.1) is 5.92 Å². The topological polar surface area (TPSA) is 63.4 Å². The molecule has 2 amide bonds. The lowest BCUT2D eigenvalue weighted by molar-refractivity contribution is -0.135. The maximum atomic E-state index is 11.9. The minimum Gasteiger partial charge on any atom is -0.370 e. The van der Waals surface area contributed by atoms with Crippen LogP contribution in [0.5, 0.6) is 0 Å². The maximum absolute atomic E-state index is 11.9. The van der Waals surface area contributed by atoms with Gasteiger partial charge in [-0.25, -0.2) is 0 Å². The van der Waals surface area contributed by atoms with Crippen LogP contribution in [0.1, 0.15) is 12.0 Å². The number of hydrogen-bond donors (Lipinski definition) is 1. The van der Waals surface area contributed by atoms with Gasteiger partial charge in [-0.1, -0.05) is 23.7 Å². The molecule has 0 aliphatic rings. The Kier molecular flexibility index (Phi) is 5.16. The second kappa shape index (κ2) is 6.40. The molecule has 1 aromatic rings. The van der Waals surface area contributed by atoms with Gasteiger partial charge in [-0.2, -0.15) is 0 Å². The summed E-state index contributed by atoms with van der Waals surface area (Å²) < 4.78 is 0. The summed E-state index contributed by atoms with van der Waals surface area (Å²) in [6, 6.07) is 7.22. The van der Waals surface area contributed by atoms with Gasteiger partial charge < -0.3 is 10.6 Å². The number of hydrogen-bond acceptors (Lipinski definition) is 2. The average Bonchev–Trinajstić information content (AvgIpc) is 2.29. The van der Waals surface area contributed by atoms with Crippen molar-refractivity contribution in [1.82, 2.24) is 4.90 Å². The van der Waals surface area contributed by atoms with E-state index in [-0.39, 0.29) is 12.3 Å². The lowest BCUT2D eigenvalue weighted by atomic mass is 9.94. The van der Waals surface area contributed by atoms with E-state index in [2.05, 4.69) is 0 Å². The molecule has 0 fully saturated rings. The van der Waals surface area contributed by atoms with Gasteiger partial charge in [0.15, 0.2) is 0 Å². The quantitative estimate of drug-likeness (QED) is 0.879. The van der Waals surface area contributed by atoms with Gasteiger partial charge >= 0.3 is 0 Å². The number of halogens is 1. The molecule has 0 radical (unpaired) electrons. The van der Waals surface area contributed by atoms with Gasteiger partial charge in [0.1, 0.15) is 0 Å². The summed E-state index contributed by atoms with van der Waals surface area (Å²) in [5.74, 6) is -0.980. The second-order valence-corrected chi connectivity index (χ2v) is 4.87. The van der Waals surface area contributed by atoms with E-state index in [1.807, 2.05) is 12.1 Å². The van der Waals surface area contributed by atoms with Crippen molar-refractivity contribution in [3.05, 3.63) is 34.9 Å². The molecule has 1 atom stereocenters. The van der Waals surface area contributed by atoms with Crippen molar-refractivity contribution in [2.45, 2.75) is 12.8 Å². The van der Waals surface area contributed by atoms with Crippen molar-refractivity contribution >= 4 is 23.4 Å². The normalized spacial score (nSPS) is 11.9.